The van der Waals surface area contributed by atoms with Crippen LogP contribution in [-0.2, 0) is 0 Å². The molecule has 0 saturated carbocycles. The first kappa shape index (κ1) is 10.2. The first-order valence-corrected chi connectivity index (χ1v) is 4.47. The summed E-state index contributed by atoms with van der Waals surface area (Å²) in [4.78, 5) is 21.1. The van der Waals surface area contributed by atoms with Crippen LogP contribution in [0.15, 0.2) is 12.1 Å². The van der Waals surface area contributed by atoms with E-state index in [0.29, 0.717) is 19.0 Å². The molecule has 7 heteroatoms. The average molecular weight is 224 g/mol. The zero-order chi connectivity index (χ0) is 11.7. The van der Waals surface area contributed by atoms with Gasteiger partial charge in [0.25, 0.3) is 11.6 Å². The zero-order valence-electron chi connectivity index (χ0n) is 8.13. The molecule has 16 heavy (non-hydrogen) atoms. The van der Waals surface area contributed by atoms with Crippen molar-refractivity contribution in [3.05, 3.63) is 27.8 Å². The van der Waals surface area contributed by atoms with Gasteiger partial charge in [0.15, 0.2) is 11.5 Å². The van der Waals surface area contributed by atoms with Crippen molar-refractivity contribution in [3.8, 4) is 11.5 Å². The number of nitro benzene ring substituents is 1. The minimum Gasteiger partial charge on any atom is -0.486 e. The number of nitro groups is 1. The quantitative estimate of drug-likeness (QED) is 0.580. The molecule has 0 spiro atoms. The lowest BCUT2D eigenvalue weighted by Crippen LogP contribution is -2.18. The van der Waals surface area contributed by atoms with Gasteiger partial charge in [0.05, 0.1) is 11.0 Å². The van der Waals surface area contributed by atoms with Gasteiger partial charge in [0.1, 0.15) is 18.8 Å². The van der Waals surface area contributed by atoms with E-state index in [-0.39, 0.29) is 17.0 Å². The highest BCUT2D eigenvalue weighted by Crippen LogP contribution is 2.36. The second-order valence-electron chi connectivity index (χ2n) is 3.13. The third-order valence-electron chi connectivity index (χ3n) is 2.12. The molecule has 2 rings (SSSR count). The maximum Gasteiger partial charge on any atom is 0.286 e. The molecule has 1 aliphatic heterocycles. The molecule has 1 aromatic carbocycles. The molecular weight excluding hydrogens is 216 g/mol. The van der Waals surface area contributed by atoms with Gasteiger partial charge in [-0.15, -0.1) is 0 Å². The summed E-state index contributed by atoms with van der Waals surface area (Å²) in [6, 6.07) is 2.38. The van der Waals surface area contributed by atoms with E-state index in [4.69, 9.17) is 15.2 Å². The molecule has 1 aliphatic rings. The lowest BCUT2D eigenvalue weighted by Gasteiger charge is -2.18. The number of nitrogens with zero attached hydrogens (tertiary/aromatic N) is 1. The molecule has 0 aliphatic carbocycles. The lowest BCUT2D eigenvalue weighted by atomic mass is 10.1. The molecule has 84 valence electrons. The summed E-state index contributed by atoms with van der Waals surface area (Å²) in [6.07, 6.45) is 0. The van der Waals surface area contributed by atoms with Gasteiger partial charge in [-0.1, -0.05) is 0 Å². The monoisotopic (exact) mass is 224 g/mol. The highest BCUT2D eigenvalue weighted by Gasteiger charge is 2.24. The highest BCUT2D eigenvalue weighted by atomic mass is 16.6. The first-order chi connectivity index (χ1) is 7.59. The fraction of sp³-hybridized carbons (Fsp3) is 0.222. The van der Waals surface area contributed by atoms with Crippen LogP contribution in [-0.4, -0.2) is 24.0 Å². The van der Waals surface area contributed by atoms with Gasteiger partial charge in [-0.3, -0.25) is 14.9 Å². The van der Waals surface area contributed by atoms with Crippen molar-refractivity contribution in [2.75, 3.05) is 13.2 Å². The molecule has 0 unspecified atom stereocenters. The first-order valence-electron chi connectivity index (χ1n) is 4.47. The standard InChI is InChI=1S/C9H8N2O5/c10-9(12)5-3-7-8(16-2-1-15-7)4-6(5)11(13)14/h3-4H,1-2H2,(H2,10,12). The summed E-state index contributed by atoms with van der Waals surface area (Å²) >= 11 is 0. The Morgan fingerprint density at radius 1 is 1.31 bits per heavy atom. The Hall–Kier alpha value is -2.31. The summed E-state index contributed by atoms with van der Waals surface area (Å²) in [7, 11) is 0. The number of amides is 1. The van der Waals surface area contributed by atoms with E-state index >= 15 is 0 Å². The van der Waals surface area contributed by atoms with Crippen molar-refractivity contribution in [2.24, 2.45) is 5.73 Å². The molecule has 1 aromatic rings. The fourth-order valence-electron chi connectivity index (χ4n) is 1.43. The van der Waals surface area contributed by atoms with Crippen LogP contribution in [0.4, 0.5) is 5.69 Å². The minimum atomic E-state index is -0.872. The van der Waals surface area contributed by atoms with Crippen LogP contribution in [0.2, 0.25) is 0 Å². The lowest BCUT2D eigenvalue weighted by molar-refractivity contribution is -0.385. The van der Waals surface area contributed by atoms with E-state index in [1.165, 1.54) is 6.07 Å². The number of benzene rings is 1. The summed E-state index contributed by atoms with van der Waals surface area (Å²) in [5.74, 6) is -0.322. The van der Waals surface area contributed by atoms with Crippen LogP contribution in [0, 0.1) is 10.1 Å². The van der Waals surface area contributed by atoms with Gasteiger partial charge >= 0.3 is 0 Å². The Morgan fingerprint density at radius 3 is 2.38 bits per heavy atom. The molecule has 2 N–H and O–H groups in total. The van der Waals surface area contributed by atoms with Gasteiger partial charge in [0, 0.05) is 6.07 Å². The van der Waals surface area contributed by atoms with Crippen LogP contribution in [0.5, 0.6) is 11.5 Å². The predicted molar refractivity (Wildman–Crippen MR) is 52.6 cm³/mol. The second-order valence-corrected chi connectivity index (χ2v) is 3.13. The van der Waals surface area contributed by atoms with Crippen molar-refractivity contribution in [1.29, 1.82) is 0 Å². The molecular formula is C9H8N2O5. The Kier molecular flexibility index (Phi) is 2.35. The normalized spacial score (nSPS) is 13.2. The van der Waals surface area contributed by atoms with E-state index in [9.17, 15) is 14.9 Å². The predicted octanol–water partition coefficient (Wildman–Crippen LogP) is 0.465. The Bertz CT molecular complexity index is 428. The molecule has 1 amide bonds. The van der Waals surface area contributed by atoms with Crippen LogP contribution in [0.3, 0.4) is 0 Å². The smallest absolute Gasteiger partial charge is 0.286 e. The number of hydrogen-bond acceptors (Lipinski definition) is 5. The van der Waals surface area contributed by atoms with Crippen molar-refractivity contribution in [2.45, 2.75) is 0 Å². The molecule has 0 saturated heterocycles. The van der Waals surface area contributed by atoms with E-state index in [2.05, 4.69) is 0 Å². The number of nitrogens with two attached hydrogens (primary N) is 1. The number of hydrogen-bond donors (Lipinski definition) is 1. The van der Waals surface area contributed by atoms with Crippen molar-refractivity contribution < 1.29 is 19.2 Å². The largest absolute Gasteiger partial charge is 0.486 e. The van der Waals surface area contributed by atoms with Crippen LogP contribution in [0.1, 0.15) is 10.4 Å². The maximum atomic E-state index is 11.0. The Balaban J connectivity index is 2.59. The molecule has 0 radical (unpaired) electrons. The fourth-order valence-corrected chi connectivity index (χ4v) is 1.43. The third kappa shape index (κ3) is 1.62. The molecule has 0 fully saturated rings. The van der Waals surface area contributed by atoms with Gasteiger partial charge in [-0.05, 0) is 0 Å². The molecule has 0 aromatic heterocycles. The number of ether oxygens (including phenoxy) is 2. The van der Waals surface area contributed by atoms with Gasteiger partial charge < -0.3 is 15.2 Å². The number of rotatable bonds is 2. The van der Waals surface area contributed by atoms with Crippen LogP contribution in [0.25, 0.3) is 0 Å². The Labute approximate surface area is 89.9 Å². The molecule has 0 bridgehead atoms. The number of carbonyl (C=O) groups is 1. The average Bonchev–Trinajstić information content (AvgIpc) is 2.27. The molecule has 7 nitrogen and oxygen atoms in total. The van der Waals surface area contributed by atoms with E-state index in [0.717, 1.165) is 6.07 Å². The highest BCUT2D eigenvalue weighted by molar-refractivity contribution is 5.97. The SMILES string of the molecule is NC(=O)c1cc2c(cc1[N+](=O)[O-])OCCO2. The van der Waals surface area contributed by atoms with Crippen molar-refractivity contribution >= 4 is 11.6 Å². The van der Waals surface area contributed by atoms with Gasteiger partial charge in [-0.2, -0.15) is 0 Å². The van der Waals surface area contributed by atoms with Gasteiger partial charge in [-0.25, -0.2) is 0 Å². The van der Waals surface area contributed by atoms with Crippen LogP contribution >= 0.6 is 0 Å². The molecule has 1 heterocycles. The summed E-state index contributed by atoms with van der Waals surface area (Å²) in [5.41, 5.74) is 4.48. The van der Waals surface area contributed by atoms with E-state index < -0.39 is 10.8 Å². The number of carbonyl (C=O) groups excluding carboxylic acids is 1. The van der Waals surface area contributed by atoms with Gasteiger partial charge in [0.2, 0.25) is 0 Å². The summed E-state index contributed by atoms with van der Waals surface area (Å²) in [5, 5.41) is 10.7. The Morgan fingerprint density at radius 2 is 1.88 bits per heavy atom. The minimum absolute atomic E-state index is 0.186. The van der Waals surface area contributed by atoms with Crippen LogP contribution < -0.4 is 15.2 Å². The summed E-state index contributed by atoms with van der Waals surface area (Å²) < 4.78 is 10.4. The maximum absolute atomic E-state index is 11.0. The molecule has 0 atom stereocenters. The van der Waals surface area contributed by atoms with Crippen molar-refractivity contribution in [3.63, 3.8) is 0 Å². The third-order valence-corrected chi connectivity index (χ3v) is 2.12. The number of fused-ring (bicyclic) bond motifs is 1. The topological polar surface area (TPSA) is 105 Å². The number of primary amides is 1. The van der Waals surface area contributed by atoms with E-state index in [1.807, 2.05) is 0 Å². The summed E-state index contributed by atoms with van der Waals surface area (Å²) in [6.45, 7) is 0.656. The zero-order valence-corrected chi connectivity index (χ0v) is 8.13. The van der Waals surface area contributed by atoms with E-state index in [1.54, 1.807) is 0 Å². The second kappa shape index (κ2) is 3.69. The van der Waals surface area contributed by atoms with Crippen molar-refractivity contribution in [1.82, 2.24) is 0 Å².